The van der Waals surface area contributed by atoms with E-state index < -0.39 is 0 Å². The predicted molar refractivity (Wildman–Crippen MR) is 80.2 cm³/mol. The Labute approximate surface area is 122 Å². The van der Waals surface area contributed by atoms with Crippen molar-refractivity contribution >= 4 is 0 Å². The van der Waals surface area contributed by atoms with Crippen LogP contribution in [0.1, 0.15) is 37.4 Å². The van der Waals surface area contributed by atoms with Crippen molar-refractivity contribution in [3.8, 4) is 6.07 Å². The summed E-state index contributed by atoms with van der Waals surface area (Å²) >= 11 is 0. The molecule has 2 heterocycles. The third-order valence-electron chi connectivity index (χ3n) is 4.07. The molecule has 1 aromatic rings. The van der Waals surface area contributed by atoms with Crippen LogP contribution in [0.2, 0.25) is 0 Å². The van der Waals surface area contributed by atoms with Gasteiger partial charge in [-0.3, -0.25) is 4.98 Å². The highest BCUT2D eigenvalue weighted by molar-refractivity contribution is 5.28. The van der Waals surface area contributed by atoms with Crippen LogP contribution in [-0.4, -0.2) is 47.5 Å². The Bertz CT molecular complexity index is 460. The summed E-state index contributed by atoms with van der Waals surface area (Å²) in [4.78, 5) is 9.20. The minimum absolute atomic E-state index is 0.665. The van der Waals surface area contributed by atoms with Crippen LogP contribution in [0.25, 0.3) is 0 Å². The van der Waals surface area contributed by atoms with Crippen LogP contribution in [0.15, 0.2) is 18.3 Å². The Morgan fingerprint density at radius 1 is 1.45 bits per heavy atom. The van der Waals surface area contributed by atoms with Crippen LogP contribution in [0, 0.1) is 11.3 Å². The molecule has 4 nitrogen and oxygen atoms in total. The van der Waals surface area contributed by atoms with Gasteiger partial charge in [0.05, 0.1) is 17.3 Å². The van der Waals surface area contributed by atoms with E-state index in [9.17, 15) is 0 Å². The van der Waals surface area contributed by atoms with Crippen LogP contribution >= 0.6 is 0 Å². The molecule has 1 aliphatic rings. The topological polar surface area (TPSA) is 43.2 Å². The quantitative estimate of drug-likeness (QED) is 0.796. The van der Waals surface area contributed by atoms with E-state index in [-0.39, 0.29) is 0 Å². The zero-order valence-electron chi connectivity index (χ0n) is 12.5. The first-order valence-electron chi connectivity index (χ1n) is 7.46. The first kappa shape index (κ1) is 15.0. The molecule has 1 fully saturated rings. The normalized spacial score (nSPS) is 17.3. The first-order chi connectivity index (χ1) is 9.69. The largest absolute Gasteiger partial charge is 0.301 e. The lowest BCUT2D eigenvalue weighted by atomic mass is 10.2. The van der Waals surface area contributed by atoms with Gasteiger partial charge < -0.3 is 9.80 Å². The van der Waals surface area contributed by atoms with Gasteiger partial charge in [0.15, 0.2) is 0 Å². The van der Waals surface area contributed by atoms with E-state index >= 15 is 0 Å². The van der Waals surface area contributed by atoms with Gasteiger partial charge in [-0.15, -0.1) is 0 Å². The first-order valence-corrected chi connectivity index (χ1v) is 7.46. The van der Waals surface area contributed by atoms with E-state index in [1.165, 1.54) is 32.4 Å². The Kier molecular flexibility index (Phi) is 5.51. The number of hydrogen-bond acceptors (Lipinski definition) is 4. The molecule has 1 saturated heterocycles. The molecule has 1 atom stereocenters. The third kappa shape index (κ3) is 4.29. The smallest absolute Gasteiger partial charge is 0.0992 e. The standard InChI is InChI=1S/C16H24N4/c1-14(20-8-3-4-9-20)6-10-19(2)13-16-11-15(12-17)5-7-18-16/h5,7,11,14H,3-4,6,8-10,13H2,1-2H3/t14-/m0/s1. The van der Waals surface area contributed by atoms with Gasteiger partial charge in [-0.25, -0.2) is 0 Å². The fraction of sp³-hybridized carbons (Fsp3) is 0.625. The minimum Gasteiger partial charge on any atom is -0.301 e. The second kappa shape index (κ2) is 7.37. The molecule has 0 amide bonds. The van der Waals surface area contributed by atoms with Crippen molar-refractivity contribution in [2.24, 2.45) is 0 Å². The summed E-state index contributed by atoms with van der Waals surface area (Å²) in [7, 11) is 2.12. The van der Waals surface area contributed by atoms with Gasteiger partial charge in [-0.1, -0.05) is 0 Å². The molecule has 0 bridgehead atoms. The molecule has 0 saturated carbocycles. The maximum atomic E-state index is 8.90. The van der Waals surface area contributed by atoms with Gasteiger partial charge in [0.25, 0.3) is 0 Å². The Balaban J connectivity index is 1.77. The second-order valence-electron chi connectivity index (χ2n) is 5.77. The summed E-state index contributed by atoms with van der Waals surface area (Å²) in [6, 6.07) is 6.45. The molecular formula is C16H24N4. The Morgan fingerprint density at radius 3 is 2.90 bits per heavy atom. The maximum Gasteiger partial charge on any atom is 0.0992 e. The number of likely N-dealkylation sites (tertiary alicyclic amines) is 1. The monoisotopic (exact) mass is 272 g/mol. The summed E-state index contributed by atoms with van der Waals surface area (Å²) in [5, 5.41) is 8.90. The van der Waals surface area contributed by atoms with E-state index in [1.54, 1.807) is 12.3 Å². The highest BCUT2D eigenvalue weighted by atomic mass is 15.2. The number of nitrogens with zero attached hydrogens (tertiary/aromatic N) is 4. The van der Waals surface area contributed by atoms with Crippen LogP contribution in [0.4, 0.5) is 0 Å². The lowest BCUT2D eigenvalue weighted by Gasteiger charge is -2.26. The zero-order valence-corrected chi connectivity index (χ0v) is 12.5. The van der Waals surface area contributed by atoms with Gasteiger partial charge in [0.2, 0.25) is 0 Å². The molecule has 0 aliphatic carbocycles. The van der Waals surface area contributed by atoms with Gasteiger partial charge in [-0.2, -0.15) is 5.26 Å². The molecule has 4 heteroatoms. The molecule has 0 aromatic carbocycles. The van der Waals surface area contributed by atoms with Crippen molar-refractivity contribution in [3.05, 3.63) is 29.6 Å². The van der Waals surface area contributed by atoms with Gasteiger partial charge in [0.1, 0.15) is 0 Å². The van der Waals surface area contributed by atoms with Crippen molar-refractivity contribution in [1.82, 2.24) is 14.8 Å². The van der Waals surface area contributed by atoms with Crippen LogP contribution in [-0.2, 0) is 6.54 Å². The third-order valence-corrected chi connectivity index (χ3v) is 4.07. The molecule has 108 valence electrons. The molecule has 0 radical (unpaired) electrons. The summed E-state index contributed by atoms with van der Waals surface area (Å²) in [6.07, 6.45) is 5.61. The fourth-order valence-electron chi connectivity index (χ4n) is 2.76. The molecule has 0 N–H and O–H groups in total. The molecule has 0 unspecified atom stereocenters. The highest BCUT2D eigenvalue weighted by Crippen LogP contribution is 2.14. The van der Waals surface area contributed by atoms with E-state index in [4.69, 9.17) is 5.26 Å². The Morgan fingerprint density at radius 2 is 2.20 bits per heavy atom. The molecule has 1 aromatic heterocycles. The van der Waals surface area contributed by atoms with Crippen LogP contribution in [0.5, 0.6) is 0 Å². The molecule has 1 aliphatic heterocycles. The van der Waals surface area contributed by atoms with Crippen molar-refractivity contribution in [1.29, 1.82) is 5.26 Å². The van der Waals surface area contributed by atoms with E-state index in [0.29, 0.717) is 11.6 Å². The van der Waals surface area contributed by atoms with Crippen LogP contribution in [0.3, 0.4) is 0 Å². The average Bonchev–Trinajstić information content (AvgIpc) is 2.99. The summed E-state index contributed by atoms with van der Waals surface area (Å²) < 4.78 is 0. The number of rotatable bonds is 6. The molecule has 20 heavy (non-hydrogen) atoms. The van der Waals surface area contributed by atoms with Crippen molar-refractivity contribution in [2.45, 2.75) is 38.8 Å². The van der Waals surface area contributed by atoms with E-state index in [1.807, 2.05) is 6.07 Å². The van der Waals surface area contributed by atoms with Crippen LogP contribution < -0.4 is 0 Å². The lowest BCUT2D eigenvalue weighted by molar-refractivity contribution is 0.214. The number of nitriles is 1. The zero-order chi connectivity index (χ0) is 14.4. The SMILES string of the molecule is C[C@@H](CCN(C)Cc1cc(C#N)ccn1)N1CCCC1. The van der Waals surface area contributed by atoms with E-state index in [2.05, 4.69) is 34.8 Å². The second-order valence-corrected chi connectivity index (χ2v) is 5.77. The van der Waals surface area contributed by atoms with Crippen molar-refractivity contribution in [3.63, 3.8) is 0 Å². The fourth-order valence-corrected chi connectivity index (χ4v) is 2.76. The lowest BCUT2D eigenvalue weighted by Crippen LogP contribution is -2.33. The van der Waals surface area contributed by atoms with Gasteiger partial charge >= 0.3 is 0 Å². The van der Waals surface area contributed by atoms with E-state index in [0.717, 1.165) is 18.8 Å². The van der Waals surface area contributed by atoms with Gasteiger partial charge in [-0.05, 0) is 65.0 Å². The number of pyridine rings is 1. The van der Waals surface area contributed by atoms with Gasteiger partial charge in [0, 0.05) is 18.8 Å². The highest BCUT2D eigenvalue weighted by Gasteiger charge is 2.18. The molecular weight excluding hydrogens is 248 g/mol. The Hall–Kier alpha value is -1.44. The van der Waals surface area contributed by atoms with Crippen molar-refractivity contribution < 1.29 is 0 Å². The minimum atomic E-state index is 0.665. The molecule has 0 spiro atoms. The number of hydrogen-bond donors (Lipinski definition) is 0. The van der Waals surface area contributed by atoms with Crippen molar-refractivity contribution in [2.75, 3.05) is 26.7 Å². The maximum absolute atomic E-state index is 8.90. The average molecular weight is 272 g/mol. The number of aromatic nitrogens is 1. The predicted octanol–water partition coefficient (Wildman–Crippen LogP) is 2.26. The summed E-state index contributed by atoms with van der Waals surface area (Å²) in [5.41, 5.74) is 1.66. The summed E-state index contributed by atoms with van der Waals surface area (Å²) in [6.45, 7) is 6.72. The molecule has 2 rings (SSSR count). The summed E-state index contributed by atoms with van der Waals surface area (Å²) in [5.74, 6) is 0.